The summed E-state index contributed by atoms with van der Waals surface area (Å²) < 4.78 is 5.97. The summed E-state index contributed by atoms with van der Waals surface area (Å²) in [5, 5.41) is 0. The van der Waals surface area contributed by atoms with E-state index in [-0.39, 0.29) is 5.82 Å². The summed E-state index contributed by atoms with van der Waals surface area (Å²) in [6.45, 7) is 0. The van der Waals surface area contributed by atoms with Gasteiger partial charge in [0.25, 0.3) is 0 Å². The zero-order valence-corrected chi connectivity index (χ0v) is 10.7. The van der Waals surface area contributed by atoms with E-state index in [2.05, 4.69) is 25.9 Å². The molecule has 0 aliphatic carbocycles. The predicted molar refractivity (Wildman–Crippen MR) is 69.2 cm³/mol. The first kappa shape index (κ1) is 12.3. The highest BCUT2D eigenvalue weighted by Crippen LogP contribution is 2.30. The Balaban J connectivity index is 2.24. The number of benzene rings is 1. The van der Waals surface area contributed by atoms with Crippen molar-refractivity contribution in [2.45, 2.75) is 0 Å². The Kier molecular flexibility index (Phi) is 3.42. The fraction of sp³-hybridized carbons (Fsp3) is 0. The number of carbonyl (C=O) groups is 1. The van der Waals surface area contributed by atoms with Gasteiger partial charge in [0.2, 0.25) is 11.8 Å². The van der Waals surface area contributed by atoms with Crippen LogP contribution in [0, 0.1) is 0 Å². The summed E-state index contributed by atoms with van der Waals surface area (Å²) in [6, 6.07) is 6.36. The van der Waals surface area contributed by atoms with E-state index in [4.69, 9.17) is 16.2 Å². The van der Waals surface area contributed by atoms with Crippen LogP contribution in [0.2, 0.25) is 0 Å². The summed E-state index contributed by atoms with van der Waals surface area (Å²) in [4.78, 5) is 18.6. The summed E-state index contributed by atoms with van der Waals surface area (Å²) in [5.41, 5.74) is 11.1. The van der Waals surface area contributed by atoms with Crippen LogP contribution in [-0.2, 0) is 0 Å². The fourth-order valence-electron chi connectivity index (χ4n) is 1.24. The number of nitrogens with zero attached hydrogens (tertiary/aromatic N) is 2. The number of rotatable bonds is 3. The van der Waals surface area contributed by atoms with Gasteiger partial charge in [-0.3, -0.25) is 4.79 Å². The number of amides is 1. The number of nitrogens with two attached hydrogens (primary N) is 2. The van der Waals surface area contributed by atoms with E-state index in [0.29, 0.717) is 21.7 Å². The SMILES string of the molecule is NC(=O)c1ccc(Oc2ncnc(N)c2Br)cc1. The number of halogens is 1. The van der Waals surface area contributed by atoms with E-state index in [1.54, 1.807) is 24.3 Å². The molecule has 2 rings (SSSR count). The number of ether oxygens (including phenoxy) is 1. The average Bonchev–Trinajstić information content (AvgIpc) is 2.36. The molecular weight excluding hydrogens is 300 g/mol. The quantitative estimate of drug-likeness (QED) is 0.898. The monoisotopic (exact) mass is 308 g/mol. The highest BCUT2D eigenvalue weighted by atomic mass is 79.9. The number of aromatic nitrogens is 2. The van der Waals surface area contributed by atoms with Gasteiger partial charge in [0.15, 0.2) is 0 Å². The van der Waals surface area contributed by atoms with Crippen molar-refractivity contribution < 1.29 is 9.53 Å². The summed E-state index contributed by atoms with van der Waals surface area (Å²) in [6.07, 6.45) is 1.30. The van der Waals surface area contributed by atoms with Gasteiger partial charge >= 0.3 is 0 Å². The molecule has 0 aliphatic heterocycles. The van der Waals surface area contributed by atoms with Crippen molar-refractivity contribution in [3.63, 3.8) is 0 Å². The second-order valence-corrected chi connectivity index (χ2v) is 4.16. The Hall–Kier alpha value is -2.15. The molecule has 0 saturated carbocycles. The summed E-state index contributed by atoms with van der Waals surface area (Å²) >= 11 is 3.23. The van der Waals surface area contributed by atoms with Crippen LogP contribution in [0.4, 0.5) is 5.82 Å². The second kappa shape index (κ2) is 5.01. The van der Waals surface area contributed by atoms with E-state index in [1.807, 2.05) is 0 Å². The highest BCUT2D eigenvalue weighted by Gasteiger charge is 2.08. The third kappa shape index (κ3) is 2.57. The van der Waals surface area contributed by atoms with E-state index in [9.17, 15) is 4.79 Å². The molecule has 2 aromatic rings. The third-order valence-electron chi connectivity index (χ3n) is 2.14. The molecule has 7 heteroatoms. The highest BCUT2D eigenvalue weighted by molar-refractivity contribution is 9.10. The third-order valence-corrected chi connectivity index (χ3v) is 2.88. The smallest absolute Gasteiger partial charge is 0.248 e. The number of nitrogen functional groups attached to an aromatic ring is 1. The van der Waals surface area contributed by atoms with Crippen LogP contribution in [0.15, 0.2) is 35.1 Å². The molecule has 0 saturated heterocycles. The lowest BCUT2D eigenvalue weighted by atomic mass is 10.2. The van der Waals surface area contributed by atoms with Crippen molar-refractivity contribution in [1.29, 1.82) is 0 Å². The molecule has 1 amide bonds. The molecule has 0 radical (unpaired) electrons. The standard InChI is InChI=1S/C11H9BrN4O2/c12-8-9(13)15-5-16-11(8)18-7-3-1-6(2-4-7)10(14)17/h1-5H,(H2,14,17)(H2,13,15,16). The minimum atomic E-state index is -0.492. The van der Waals surface area contributed by atoms with Gasteiger partial charge in [0, 0.05) is 5.56 Å². The van der Waals surface area contributed by atoms with Crippen molar-refractivity contribution in [3.05, 3.63) is 40.6 Å². The molecular formula is C11H9BrN4O2. The molecule has 0 atom stereocenters. The Labute approximate surface area is 111 Å². The van der Waals surface area contributed by atoms with E-state index in [0.717, 1.165) is 0 Å². The molecule has 1 aromatic carbocycles. The molecule has 92 valence electrons. The Morgan fingerprint density at radius 2 is 1.89 bits per heavy atom. The van der Waals surface area contributed by atoms with Crippen molar-refractivity contribution in [2.75, 3.05) is 5.73 Å². The second-order valence-electron chi connectivity index (χ2n) is 3.37. The van der Waals surface area contributed by atoms with Gasteiger partial charge in [-0.1, -0.05) is 0 Å². The Morgan fingerprint density at radius 1 is 1.22 bits per heavy atom. The van der Waals surface area contributed by atoms with Crippen LogP contribution in [0.5, 0.6) is 11.6 Å². The zero-order valence-electron chi connectivity index (χ0n) is 9.13. The summed E-state index contributed by atoms with van der Waals surface area (Å²) in [5.74, 6) is 0.607. The summed E-state index contributed by atoms with van der Waals surface area (Å²) in [7, 11) is 0. The Bertz CT molecular complexity index is 586. The number of hydrogen-bond donors (Lipinski definition) is 2. The van der Waals surface area contributed by atoms with Crippen molar-refractivity contribution in [1.82, 2.24) is 9.97 Å². The van der Waals surface area contributed by atoms with Gasteiger partial charge in [-0.25, -0.2) is 9.97 Å². The molecule has 0 unspecified atom stereocenters. The van der Waals surface area contributed by atoms with Gasteiger partial charge in [-0.15, -0.1) is 0 Å². The molecule has 1 aromatic heterocycles. The van der Waals surface area contributed by atoms with Gasteiger partial charge in [-0.05, 0) is 40.2 Å². The van der Waals surface area contributed by atoms with E-state index < -0.39 is 5.91 Å². The normalized spacial score (nSPS) is 10.1. The van der Waals surface area contributed by atoms with Crippen LogP contribution >= 0.6 is 15.9 Å². The van der Waals surface area contributed by atoms with Crippen molar-refractivity contribution >= 4 is 27.7 Å². The average molecular weight is 309 g/mol. The minimum absolute atomic E-state index is 0.286. The lowest BCUT2D eigenvalue weighted by Crippen LogP contribution is -2.10. The number of primary amides is 1. The Morgan fingerprint density at radius 3 is 2.50 bits per heavy atom. The fourth-order valence-corrected chi connectivity index (χ4v) is 1.52. The maximum Gasteiger partial charge on any atom is 0.248 e. The molecule has 0 fully saturated rings. The molecule has 0 aliphatic rings. The van der Waals surface area contributed by atoms with Gasteiger partial charge < -0.3 is 16.2 Å². The lowest BCUT2D eigenvalue weighted by Gasteiger charge is -2.07. The van der Waals surface area contributed by atoms with Crippen molar-refractivity contribution in [2.24, 2.45) is 5.73 Å². The first-order valence-corrected chi connectivity index (χ1v) is 5.71. The maximum atomic E-state index is 10.9. The van der Waals surface area contributed by atoms with Crippen LogP contribution < -0.4 is 16.2 Å². The molecule has 1 heterocycles. The minimum Gasteiger partial charge on any atom is -0.438 e. The first-order chi connectivity index (χ1) is 8.58. The number of anilines is 1. The van der Waals surface area contributed by atoms with Gasteiger partial charge in [-0.2, -0.15) is 0 Å². The number of hydrogen-bond acceptors (Lipinski definition) is 5. The number of carbonyl (C=O) groups excluding carboxylic acids is 1. The first-order valence-electron chi connectivity index (χ1n) is 4.91. The zero-order chi connectivity index (χ0) is 13.1. The van der Waals surface area contributed by atoms with Crippen molar-refractivity contribution in [3.8, 4) is 11.6 Å². The molecule has 0 bridgehead atoms. The molecule has 4 N–H and O–H groups in total. The van der Waals surface area contributed by atoms with Gasteiger partial charge in [0.05, 0.1) is 0 Å². The largest absolute Gasteiger partial charge is 0.438 e. The van der Waals surface area contributed by atoms with E-state index in [1.165, 1.54) is 6.33 Å². The topological polar surface area (TPSA) is 104 Å². The van der Waals surface area contributed by atoms with Crippen LogP contribution in [0.25, 0.3) is 0 Å². The lowest BCUT2D eigenvalue weighted by molar-refractivity contribution is 0.100. The predicted octanol–water partition coefficient (Wildman–Crippen LogP) is 1.71. The molecule has 6 nitrogen and oxygen atoms in total. The van der Waals surface area contributed by atoms with Crippen LogP contribution in [0.3, 0.4) is 0 Å². The maximum absolute atomic E-state index is 10.9. The van der Waals surface area contributed by atoms with Gasteiger partial charge in [0.1, 0.15) is 22.4 Å². The van der Waals surface area contributed by atoms with E-state index >= 15 is 0 Å². The van der Waals surface area contributed by atoms with Crippen LogP contribution in [0.1, 0.15) is 10.4 Å². The molecule has 18 heavy (non-hydrogen) atoms. The van der Waals surface area contributed by atoms with Crippen LogP contribution in [-0.4, -0.2) is 15.9 Å². The molecule has 0 spiro atoms.